The van der Waals surface area contributed by atoms with E-state index in [1.54, 1.807) is 0 Å². The van der Waals surface area contributed by atoms with E-state index in [1.807, 2.05) is 12.3 Å². The largest absolute Gasteiger partial charge is 0.339 e. The molecule has 2 aromatic heterocycles. The van der Waals surface area contributed by atoms with E-state index in [1.165, 1.54) is 27.8 Å². The molecule has 0 aliphatic rings. The number of nitrogens with one attached hydrogen (secondary N) is 1. The van der Waals surface area contributed by atoms with Crippen molar-refractivity contribution < 1.29 is 0 Å². The van der Waals surface area contributed by atoms with Crippen LogP contribution >= 0.6 is 0 Å². The zero-order chi connectivity index (χ0) is 11.8. The van der Waals surface area contributed by atoms with Crippen molar-refractivity contribution in [1.82, 2.24) is 9.97 Å². The summed E-state index contributed by atoms with van der Waals surface area (Å²) < 4.78 is 0. The van der Waals surface area contributed by atoms with Crippen LogP contribution in [0.3, 0.4) is 0 Å². The number of rotatable bonds is 1. The van der Waals surface area contributed by atoms with E-state index >= 15 is 0 Å². The lowest BCUT2D eigenvalue weighted by molar-refractivity contribution is 1.32. The van der Waals surface area contributed by atoms with E-state index in [4.69, 9.17) is 0 Å². The Labute approximate surface area is 100 Å². The fraction of sp³-hybridized carbons (Fsp3) is 0.133. The van der Waals surface area contributed by atoms with E-state index in [0.717, 1.165) is 5.65 Å². The lowest BCUT2D eigenvalue weighted by Gasteiger charge is -2.00. The minimum absolute atomic E-state index is 0.959. The van der Waals surface area contributed by atoms with Crippen molar-refractivity contribution in [1.29, 1.82) is 0 Å². The normalized spacial score (nSPS) is 10.9. The van der Waals surface area contributed by atoms with Gasteiger partial charge in [-0.3, -0.25) is 0 Å². The average Bonchev–Trinajstić information content (AvgIpc) is 2.69. The number of benzene rings is 1. The van der Waals surface area contributed by atoms with Gasteiger partial charge in [0.25, 0.3) is 0 Å². The van der Waals surface area contributed by atoms with Gasteiger partial charge in [0, 0.05) is 11.6 Å². The average molecular weight is 222 g/mol. The van der Waals surface area contributed by atoms with Crippen LogP contribution in [0, 0.1) is 13.8 Å². The molecule has 0 radical (unpaired) electrons. The summed E-state index contributed by atoms with van der Waals surface area (Å²) in [5.41, 5.74) is 5.88. The first-order valence-corrected chi connectivity index (χ1v) is 5.76. The molecule has 3 rings (SSSR count). The summed E-state index contributed by atoms with van der Waals surface area (Å²) in [4.78, 5) is 7.74. The fourth-order valence-electron chi connectivity index (χ4n) is 2.16. The van der Waals surface area contributed by atoms with Gasteiger partial charge in [0.1, 0.15) is 5.65 Å². The van der Waals surface area contributed by atoms with Gasteiger partial charge in [0.05, 0.1) is 5.69 Å². The van der Waals surface area contributed by atoms with E-state index in [0.29, 0.717) is 0 Å². The van der Waals surface area contributed by atoms with Gasteiger partial charge < -0.3 is 4.98 Å². The molecular weight excluding hydrogens is 208 g/mol. The summed E-state index contributed by atoms with van der Waals surface area (Å²) >= 11 is 0. The standard InChI is InChI=1S/C15H14N2/c1-10-5-7-12(8-6-10)14-11(2)13-4-3-9-16-15(13)17-14/h3-9H,1-2H3,(H,16,17). The van der Waals surface area contributed by atoms with Gasteiger partial charge >= 0.3 is 0 Å². The number of hydrogen-bond donors (Lipinski definition) is 1. The third-order valence-corrected chi connectivity index (χ3v) is 3.17. The molecule has 2 nitrogen and oxygen atoms in total. The Balaban J connectivity index is 2.24. The van der Waals surface area contributed by atoms with Gasteiger partial charge in [-0.1, -0.05) is 29.8 Å². The second kappa shape index (κ2) is 3.74. The van der Waals surface area contributed by atoms with Crippen LogP contribution in [0.5, 0.6) is 0 Å². The van der Waals surface area contributed by atoms with E-state index in [-0.39, 0.29) is 0 Å². The number of nitrogens with zero attached hydrogens (tertiary/aromatic N) is 1. The van der Waals surface area contributed by atoms with Crippen molar-refractivity contribution >= 4 is 11.0 Å². The predicted molar refractivity (Wildman–Crippen MR) is 71.0 cm³/mol. The highest BCUT2D eigenvalue weighted by molar-refractivity contribution is 5.87. The van der Waals surface area contributed by atoms with Gasteiger partial charge in [-0.2, -0.15) is 0 Å². The maximum absolute atomic E-state index is 4.35. The quantitative estimate of drug-likeness (QED) is 0.665. The molecule has 0 atom stereocenters. The van der Waals surface area contributed by atoms with Crippen molar-refractivity contribution in [2.24, 2.45) is 0 Å². The van der Waals surface area contributed by atoms with Crippen LogP contribution in [0.15, 0.2) is 42.6 Å². The summed E-state index contributed by atoms with van der Waals surface area (Å²) in [5, 5.41) is 1.20. The molecule has 0 saturated heterocycles. The number of aromatic nitrogens is 2. The van der Waals surface area contributed by atoms with Crippen molar-refractivity contribution in [2.75, 3.05) is 0 Å². The van der Waals surface area contributed by atoms with Crippen LogP contribution in [0.25, 0.3) is 22.3 Å². The molecule has 0 unspecified atom stereocenters. The molecule has 84 valence electrons. The SMILES string of the molecule is Cc1ccc(-c2[nH]c3ncccc3c2C)cc1. The first kappa shape index (κ1) is 10.1. The maximum atomic E-state index is 4.35. The molecular formula is C15H14N2. The van der Waals surface area contributed by atoms with Gasteiger partial charge in [0.15, 0.2) is 0 Å². The number of pyridine rings is 1. The molecule has 0 saturated carbocycles. The molecule has 0 aliphatic carbocycles. The third-order valence-electron chi connectivity index (χ3n) is 3.17. The minimum Gasteiger partial charge on any atom is -0.339 e. The van der Waals surface area contributed by atoms with E-state index < -0.39 is 0 Å². The first-order valence-electron chi connectivity index (χ1n) is 5.76. The monoisotopic (exact) mass is 222 g/mol. The third kappa shape index (κ3) is 1.62. The molecule has 3 aromatic rings. The number of H-pyrrole nitrogens is 1. The summed E-state index contributed by atoms with van der Waals surface area (Å²) in [5.74, 6) is 0. The highest BCUT2D eigenvalue weighted by atomic mass is 14.9. The zero-order valence-electron chi connectivity index (χ0n) is 9.99. The predicted octanol–water partition coefficient (Wildman–Crippen LogP) is 3.85. The second-order valence-electron chi connectivity index (χ2n) is 4.39. The minimum atomic E-state index is 0.959. The van der Waals surface area contributed by atoms with Gasteiger partial charge in [-0.25, -0.2) is 4.98 Å². The molecule has 1 N–H and O–H groups in total. The van der Waals surface area contributed by atoms with Crippen LogP contribution in [-0.4, -0.2) is 9.97 Å². The van der Waals surface area contributed by atoms with Crippen molar-refractivity contribution in [2.45, 2.75) is 13.8 Å². The van der Waals surface area contributed by atoms with E-state index in [9.17, 15) is 0 Å². The second-order valence-corrected chi connectivity index (χ2v) is 4.39. The molecule has 17 heavy (non-hydrogen) atoms. The number of hydrogen-bond acceptors (Lipinski definition) is 1. The Kier molecular flexibility index (Phi) is 2.22. The molecule has 0 aliphatic heterocycles. The fourth-order valence-corrected chi connectivity index (χ4v) is 2.16. The molecule has 2 heterocycles. The Hall–Kier alpha value is -2.09. The Morgan fingerprint density at radius 1 is 1.00 bits per heavy atom. The number of aryl methyl sites for hydroxylation is 2. The zero-order valence-corrected chi connectivity index (χ0v) is 9.99. The van der Waals surface area contributed by atoms with Gasteiger partial charge in [-0.05, 0) is 37.1 Å². The Morgan fingerprint density at radius 3 is 2.47 bits per heavy atom. The first-order chi connectivity index (χ1) is 8.25. The molecule has 0 spiro atoms. The summed E-state index contributed by atoms with van der Waals surface area (Å²) in [7, 11) is 0. The van der Waals surface area contributed by atoms with Crippen LogP contribution in [0.4, 0.5) is 0 Å². The maximum Gasteiger partial charge on any atom is 0.137 e. The highest BCUT2D eigenvalue weighted by Crippen LogP contribution is 2.28. The summed E-state index contributed by atoms with van der Waals surface area (Å²) in [6.07, 6.45) is 1.82. The number of aromatic amines is 1. The molecule has 2 heteroatoms. The molecule has 0 amide bonds. The molecule has 0 fully saturated rings. The van der Waals surface area contributed by atoms with Crippen LogP contribution in [0.2, 0.25) is 0 Å². The van der Waals surface area contributed by atoms with Gasteiger partial charge in [0.2, 0.25) is 0 Å². The lowest BCUT2D eigenvalue weighted by Crippen LogP contribution is -1.81. The Morgan fingerprint density at radius 2 is 1.76 bits per heavy atom. The van der Waals surface area contributed by atoms with Crippen molar-refractivity contribution in [3.05, 3.63) is 53.7 Å². The molecule has 1 aromatic carbocycles. The summed E-state index contributed by atoms with van der Waals surface area (Å²) in [6.45, 7) is 4.24. The summed E-state index contributed by atoms with van der Waals surface area (Å²) in [6, 6.07) is 12.6. The van der Waals surface area contributed by atoms with Gasteiger partial charge in [-0.15, -0.1) is 0 Å². The number of fused-ring (bicyclic) bond motifs is 1. The topological polar surface area (TPSA) is 28.7 Å². The smallest absolute Gasteiger partial charge is 0.137 e. The van der Waals surface area contributed by atoms with Crippen LogP contribution in [0.1, 0.15) is 11.1 Å². The highest BCUT2D eigenvalue weighted by Gasteiger charge is 2.09. The van der Waals surface area contributed by atoms with Crippen LogP contribution < -0.4 is 0 Å². The van der Waals surface area contributed by atoms with Crippen LogP contribution in [-0.2, 0) is 0 Å². The van der Waals surface area contributed by atoms with E-state index in [2.05, 4.69) is 54.1 Å². The van der Waals surface area contributed by atoms with Crippen molar-refractivity contribution in [3.8, 4) is 11.3 Å². The lowest BCUT2D eigenvalue weighted by atomic mass is 10.1. The molecule has 0 bridgehead atoms. The Bertz CT molecular complexity index is 663. The van der Waals surface area contributed by atoms with Crippen molar-refractivity contribution in [3.63, 3.8) is 0 Å².